The average Bonchev–Trinajstić information content (AvgIpc) is 2.88. The molecule has 0 bridgehead atoms. The Morgan fingerprint density at radius 3 is 3.00 bits per heavy atom. The first-order chi connectivity index (χ1) is 10.2. The van der Waals surface area contributed by atoms with Crippen LogP contribution in [0.15, 0.2) is 18.2 Å². The second kappa shape index (κ2) is 5.93. The number of carboxylic acids is 1. The lowest BCUT2D eigenvalue weighted by molar-refractivity contribution is -0.143. The Balaban J connectivity index is 1.97. The second-order valence-electron chi connectivity index (χ2n) is 5.64. The summed E-state index contributed by atoms with van der Waals surface area (Å²) in [5.41, 5.74) is 1.06. The van der Waals surface area contributed by atoms with Crippen LogP contribution in [0.1, 0.15) is 37.3 Å². The Bertz CT molecular complexity index is 531. The molecular weight excluding hydrogens is 270 g/mol. The van der Waals surface area contributed by atoms with Crippen LogP contribution in [0.3, 0.4) is 0 Å². The molecule has 2 heterocycles. The van der Waals surface area contributed by atoms with Crippen LogP contribution in [0.4, 0.5) is 0 Å². The lowest BCUT2D eigenvalue weighted by Gasteiger charge is -2.31. The minimum Gasteiger partial charge on any atom is -0.497 e. The summed E-state index contributed by atoms with van der Waals surface area (Å²) in [5, 5.41) is 9.44. The highest BCUT2D eigenvalue weighted by Gasteiger charge is 2.37. The first kappa shape index (κ1) is 14.2. The van der Waals surface area contributed by atoms with E-state index in [1.165, 1.54) is 0 Å². The molecule has 0 aromatic heterocycles. The molecule has 2 aliphatic rings. The maximum absolute atomic E-state index is 11.5. The fraction of sp³-hybridized carbons (Fsp3) is 0.562. The van der Waals surface area contributed by atoms with Crippen molar-refractivity contribution in [3.05, 3.63) is 23.8 Å². The topological polar surface area (TPSA) is 59.0 Å². The Hall–Kier alpha value is -1.75. The van der Waals surface area contributed by atoms with Gasteiger partial charge in [0.25, 0.3) is 0 Å². The molecule has 5 nitrogen and oxygen atoms in total. The van der Waals surface area contributed by atoms with Crippen molar-refractivity contribution >= 4 is 5.97 Å². The van der Waals surface area contributed by atoms with Gasteiger partial charge in [0.1, 0.15) is 17.5 Å². The normalized spacial score (nSPS) is 25.8. The maximum atomic E-state index is 11.5. The van der Waals surface area contributed by atoms with Gasteiger partial charge in [0.15, 0.2) is 0 Å². The summed E-state index contributed by atoms with van der Waals surface area (Å²) < 4.78 is 11.1. The molecule has 0 radical (unpaired) electrons. The van der Waals surface area contributed by atoms with Gasteiger partial charge >= 0.3 is 5.97 Å². The van der Waals surface area contributed by atoms with Gasteiger partial charge < -0.3 is 14.6 Å². The van der Waals surface area contributed by atoms with E-state index in [0.29, 0.717) is 6.61 Å². The van der Waals surface area contributed by atoms with E-state index in [-0.39, 0.29) is 12.1 Å². The number of aliphatic carboxylic acids is 1. The van der Waals surface area contributed by atoms with Crippen molar-refractivity contribution in [2.45, 2.75) is 37.8 Å². The average molecular weight is 291 g/mol. The first-order valence-electron chi connectivity index (χ1n) is 7.50. The molecule has 114 valence electrons. The molecule has 0 aliphatic carbocycles. The number of nitrogens with zero attached hydrogens (tertiary/aromatic N) is 1. The van der Waals surface area contributed by atoms with E-state index in [2.05, 4.69) is 4.90 Å². The number of hydrogen-bond donors (Lipinski definition) is 1. The molecule has 2 atom stereocenters. The zero-order valence-corrected chi connectivity index (χ0v) is 12.2. The minimum absolute atomic E-state index is 0.0983. The molecule has 21 heavy (non-hydrogen) atoms. The van der Waals surface area contributed by atoms with E-state index in [1.54, 1.807) is 7.11 Å². The van der Waals surface area contributed by atoms with Gasteiger partial charge in [-0.2, -0.15) is 0 Å². The van der Waals surface area contributed by atoms with Gasteiger partial charge in [0, 0.05) is 11.6 Å². The van der Waals surface area contributed by atoms with Crippen molar-refractivity contribution in [3.8, 4) is 11.5 Å². The molecule has 0 saturated carbocycles. The number of carboxylic acid groups (broad SMARTS) is 1. The molecule has 1 fully saturated rings. The highest BCUT2D eigenvalue weighted by Crippen LogP contribution is 2.40. The number of benzene rings is 1. The number of likely N-dealkylation sites (tertiary alicyclic amines) is 1. The van der Waals surface area contributed by atoms with Gasteiger partial charge in [-0.25, -0.2) is 0 Å². The largest absolute Gasteiger partial charge is 0.497 e. The van der Waals surface area contributed by atoms with Gasteiger partial charge in [0.2, 0.25) is 0 Å². The third-order valence-corrected chi connectivity index (χ3v) is 4.44. The van der Waals surface area contributed by atoms with Crippen LogP contribution in [0, 0.1) is 0 Å². The van der Waals surface area contributed by atoms with Crippen LogP contribution in [0.2, 0.25) is 0 Å². The molecule has 0 spiro atoms. The van der Waals surface area contributed by atoms with Crippen LogP contribution >= 0.6 is 0 Å². The van der Waals surface area contributed by atoms with E-state index < -0.39 is 5.97 Å². The highest BCUT2D eigenvalue weighted by molar-refractivity contribution is 5.74. The lowest BCUT2D eigenvalue weighted by atomic mass is 9.99. The molecule has 1 N–H and O–H groups in total. The summed E-state index contributed by atoms with van der Waals surface area (Å²) in [7, 11) is 1.64. The zero-order chi connectivity index (χ0) is 14.8. The molecular formula is C16H21NO4. The zero-order valence-electron chi connectivity index (χ0n) is 12.2. The van der Waals surface area contributed by atoms with Crippen LogP contribution in [-0.4, -0.2) is 42.3 Å². The van der Waals surface area contributed by atoms with Crippen molar-refractivity contribution in [3.63, 3.8) is 0 Å². The number of ether oxygens (including phenoxy) is 2. The number of rotatable bonds is 3. The summed E-state index contributed by atoms with van der Waals surface area (Å²) in [5.74, 6) is 0.923. The van der Waals surface area contributed by atoms with E-state index in [0.717, 1.165) is 49.3 Å². The third-order valence-electron chi connectivity index (χ3n) is 4.44. The van der Waals surface area contributed by atoms with E-state index >= 15 is 0 Å². The molecule has 5 heteroatoms. The Morgan fingerprint density at radius 1 is 1.38 bits per heavy atom. The van der Waals surface area contributed by atoms with Crippen LogP contribution in [0.5, 0.6) is 11.5 Å². The molecule has 1 aromatic carbocycles. The smallest absolute Gasteiger partial charge is 0.320 e. The molecule has 1 saturated heterocycles. The number of methoxy groups -OCH3 is 1. The molecule has 2 unspecified atom stereocenters. The Morgan fingerprint density at radius 2 is 2.24 bits per heavy atom. The van der Waals surface area contributed by atoms with Crippen molar-refractivity contribution in [1.82, 2.24) is 4.90 Å². The highest BCUT2D eigenvalue weighted by atomic mass is 16.5. The van der Waals surface area contributed by atoms with Gasteiger partial charge in [0.05, 0.1) is 13.7 Å². The van der Waals surface area contributed by atoms with Gasteiger partial charge in [-0.05, 0) is 50.4 Å². The third kappa shape index (κ3) is 2.70. The fourth-order valence-corrected chi connectivity index (χ4v) is 3.43. The number of carbonyl (C=O) groups is 1. The number of hydrogen-bond acceptors (Lipinski definition) is 4. The second-order valence-corrected chi connectivity index (χ2v) is 5.64. The van der Waals surface area contributed by atoms with Crippen molar-refractivity contribution in [1.29, 1.82) is 0 Å². The van der Waals surface area contributed by atoms with E-state index in [4.69, 9.17) is 9.47 Å². The fourth-order valence-electron chi connectivity index (χ4n) is 3.43. The Kier molecular flexibility index (Phi) is 4.01. The van der Waals surface area contributed by atoms with E-state index in [1.807, 2.05) is 18.2 Å². The molecule has 1 aromatic rings. The minimum atomic E-state index is -0.720. The summed E-state index contributed by atoms with van der Waals surface area (Å²) >= 11 is 0. The summed E-state index contributed by atoms with van der Waals surface area (Å²) in [6.45, 7) is 1.51. The van der Waals surface area contributed by atoms with Gasteiger partial charge in [-0.1, -0.05) is 0 Å². The quantitative estimate of drug-likeness (QED) is 0.927. The Labute approximate surface area is 124 Å². The SMILES string of the molecule is COc1ccc2c(c1)C(N1CCCC1C(=O)O)CCCO2. The lowest BCUT2D eigenvalue weighted by Crippen LogP contribution is -2.38. The van der Waals surface area contributed by atoms with Gasteiger partial charge in [-0.3, -0.25) is 9.69 Å². The van der Waals surface area contributed by atoms with Crippen molar-refractivity contribution in [2.24, 2.45) is 0 Å². The first-order valence-corrected chi connectivity index (χ1v) is 7.50. The van der Waals surface area contributed by atoms with Crippen LogP contribution in [0.25, 0.3) is 0 Å². The monoisotopic (exact) mass is 291 g/mol. The van der Waals surface area contributed by atoms with Crippen molar-refractivity contribution in [2.75, 3.05) is 20.3 Å². The molecule has 3 rings (SSSR count). The van der Waals surface area contributed by atoms with Crippen LogP contribution in [-0.2, 0) is 4.79 Å². The summed E-state index contributed by atoms with van der Waals surface area (Å²) in [6.07, 6.45) is 3.52. The molecule has 0 amide bonds. The van der Waals surface area contributed by atoms with Crippen LogP contribution < -0.4 is 9.47 Å². The van der Waals surface area contributed by atoms with Crippen molar-refractivity contribution < 1.29 is 19.4 Å². The molecule has 2 aliphatic heterocycles. The van der Waals surface area contributed by atoms with Gasteiger partial charge in [-0.15, -0.1) is 0 Å². The predicted molar refractivity (Wildman–Crippen MR) is 77.8 cm³/mol. The number of fused-ring (bicyclic) bond motifs is 1. The summed E-state index contributed by atoms with van der Waals surface area (Å²) in [4.78, 5) is 13.6. The summed E-state index contributed by atoms with van der Waals surface area (Å²) in [6, 6.07) is 5.52. The predicted octanol–water partition coefficient (Wildman–Crippen LogP) is 2.46. The standard InChI is InChI=1S/C16H21NO4/c1-20-11-6-7-15-12(10-11)13(5-3-9-21-15)17-8-2-4-14(17)16(18)19/h6-7,10,13-14H,2-5,8-9H2,1H3,(H,18,19). The van der Waals surface area contributed by atoms with E-state index in [9.17, 15) is 9.90 Å². The maximum Gasteiger partial charge on any atom is 0.320 e.